The Morgan fingerprint density at radius 2 is 1.75 bits per heavy atom. The molecule has 1 saturated heterocycles. The molecule has 1 aliphatic heterocycles. The molecule has 4 heteroatoms. The zero-order valence-electron chi connectivity index (χ0n) is 7.50. The topological polar surface area (TPSA) is 67.6 Å². The molecule has 1 heterocycles. The molecule has 0 aromatic heterocycles. The first kappa shape index (κ1) is 9.32. The van der Waals surface area contributed by atoms with E-state index in [0.29, 0.717) is 5.84 Å². The standard InChI is InChI=1S/C8H18N4/c9-8(11-10)7-12-5-3-1-2-4-6-12/h1-7,10H2,(H2,9,11). The summed E-state index contributed by atoms with van der Waals surface area (Å²) in [5, 5.41) is 3.47. The second kappa shape index (κ2) is 4.98. The second-order valence-corrected chi connectivity index (χ2v) is 3.31. The van der Waals surface area contributed by atoms with Crippen molar-refractivity contribution >= 4 is 5.84 Å². The molecule has 70 valence electrons. The first-order valence-corrected chi connectivity index (χ1v) is 4.57. The van der Waals surface area contributed by atoms with Crippen molar-refractivity contribution in [3.8, 4) is 0 Å². The third-order valence-electron chi connectivity index (χ3n) is 2.25. The van der Waals surface area contributed by atoms with Gasteiger partial charge >= 0.3 is 0 Å². The van der Waals surface area contributed by atoms with Crippen LogP contribution < -0.4 is 11.6 Å². The summed E-state index contributed by atoms with van der Waals surface area (Å²) in [5.74, 6) is 5.60. The van der Waals surface area contributed by atoms with Crippen LogP contribution in [0.25, 0.3) is 0 Å². The average molecular weight is 170 g/mol. The number of nitrogens with two attached hydrogens (primary N) is 2. The Kier molecular flexibility index (Phi) is 3.87. The Bertz CT molecular complexity index is 147. The lowest BCUT2D eigenvalue weighted by Crippen LogP contribution is -2.35. The van der Waals surface area contributed by atoms with Crippen LogP contribution in [0.15, 0.2) is 5.10 Å². The van der Waals surface area contributed by atoms with E-state index in [0.717, 1.165) is 19.6 Å². The summed E-state index contributed by atoms with van der Waals surface area (Å²) in [6.45, 7) is 3.00. The van der Waals surface area contributed by atoms with E-state index in [-0.39, 0.29) is 0 Å². The van der Waals surface area contributed by atoms with Crippen LogP contribution in [-0.4, -0.2) is 30.4 Å². The van der Waals surface area contributed by atoms with Gasteiger partial charge in [-0.25, -0.2) is 0 Å². The van der Waals surface area contributed by atoms with Crippen molar-refractivity contribution in [2.24, 2.45) is 16.7 Å². The molecule has 0 unspecified atom stereocenters. The van der Waals surface area contributed by atoms with Crippen molar-refractivity contribution < 1.29 is 0 Å². The van der Waals surface area contributed by atoms with Gasteiger partial charge in [0, 0.05) is 0 Å². The highest BCUT2D eigenvalue weighted by Gasteiger charge is 2.09. The largest absolute Gasteiger partial charge is 0.385 e. The molecule has 12 heavy (non-hydrogen) atoms. The Balaban J connectivity index is 2.29. The van der Waals surface area contributed by atoms with E-state index >= 15 is 0 Å². The second-order valence-electron chi connectivity index (χ2n) is 3.31. The number of hydrazone groups is 1. The van der Waals surface area contributed by atoms with Crippen molar-refractivity contribution in [2.45, 2.75) is 25.7 Å². The van der Waals surface area contributed by atoms with Crippen molar-refractivity contribution in [1.82, 2.24) is 4.90 Å². The number of rotatable bonds is 2. The predicted octanol–water partition coefficient (Wildman–Crippen LogP) is 0.0933. The van der Waals surface area contributed by atoms with Crippen molar-refractivity contribution in [1.29, 1.82) is 0 Å². The highest BCUT2D eigenvalue weighted by atomic mass is 15.2. The van der Waals surface area contributed by atoms with Gasteiger partial charge < -0.3 is 11.6 Å². The van der Waals surface area contributed by atoms with Crippen LogP contribution >= 0.6 is 0 Å². The van der Waals surface area contributed by atoms with Crippen LogP contribution in [0.1, 0.15) is 25.7 Å². The van der Waals surface area contributed by atoms with Gasteiger partial charge in [-0.15, -0.1) is 0 Å². The predicted molar refractivity (Wildman–Crippen MR) is 50.7 cm³/mol. The molecule has 0 aromatic carbocycles. The minimum Gasteiger partial charge on any atom is -0.385 e. The Morgan fingerprint density at radius 3 is 2.25 bits per heavy atom. The lowest BCUT2D eigenvalue weighted by Gasteiger charge is -2.18. The lowest BCUT2D eigenvalue weighted by atomic mass is 10.2. The monoisotopic (exact) mass is 170 g/mol. The third kappa shape index (κ3) is 3.09. The van der Waals surface area contributed by atoms with E-state index in [1.165, 1.54) is 25.7 Å². The molecular formula is C8H18N4. The molecule has 1 fully saturated rings. The van der Waals surface area contributed by atoms with Gasteiger partial charge in [0.1, 0.15) is 5.84 Å². The highest BCUT2D eigenvalue weighted by Crippen LogP contribution is 2.08. The lowest BCUT2D eigenvalue weighted by molar-refractivity contribution is 0.324. The fourth-order valence-corrected chi connectivity index (χ4v) is 1.56. The molecule has 0 aliphatic carbocycles. The molecule has 0 bridgehead atoms. The van der Waals surface area contributed by atoms with Gasteiger partial charge in [0.15, 0.2) is 0 Å². The molecule has 0 atom stereocenters. The fourth-order valence-electron chi connectivity index (χ4n) is 1.56. The zero-order valence-corrected chi connectivity index (χ0v) is 7.50. The summed E-state index contributed by atoms with van der Waals surface area (Å²) in [6.07, 6.45) is 5.24. The van der Waals surface area contributed by atoms with E-state index < -0.39 is 0 Å². The third-order valence-corrected chi connectivity index (χ3v) is 2.25. The average Bonchev–Trinajstić information content (AvgIpc) is 2.33. The minimum atomic E-state index is 0.539. The SMILES string of the molecule is N/N=C(/N)CN1CCCCCC1. The van der Waals surface area contributed by atoms with Gasteiger partial charge in [-0.3, -0.25) is 4.90 Å². The molecular weight excluding hydrogens is 152 g/mol. The summed E-state index contributed by atoms with van der Waals surface area (Å²) >= 11 is 0. The number of nitrogens with zero attached hydrogens (tertiary/aromatic N) is 2. The van der Waals surface area contributed by atoms with Gasteiger partial charge in [0.05, 0.1) is 6.54 Å². The molecule has 0 spiro atoms. The number of hydrogen-bond donors (Lipinski definition) is 2. The molecule has 1 aliphatic rings. The molecule has 4 nitrogen and oxygen atoms in total. The first-order chi connectivity index (χ1) is 5.83. The molecule has 0 aromatic rings. The summed E-state index contributed by atoms with van der Waals surface area (Å²) in [7, 11) is 0. The molecule has 4 N–H and O–H groups in total. The van der Waals surface area contributed by atoms with Gasteiger partial charge in [0.25, 0.3) is 0 Å². The van der Waals surface area contributed by atoms with E-state index in [1.54, 1.807) is 0 Å². The number of amidine groups is 1. The maximum Gasteiger partial charge on any atom is 0.133 e. The minimum absolute atomic E-state index is 0.539. The summed E-state index contributed by atoms with van der Waals surface area (Å²) in [5.41, 5.74) is 5.54. The Hall–Kier alpha value is -0.770. The summed E-state index contributed by atoms with van der Waals surface area (Å²) in [6, 6.07) is 0. The van der Waals surface area contributed by atoms with Crippen LogP contribution in [0.2, 0.25) is 0 Å². The van der Waals surface area contributed by atoms with Crippen LogP contribution in [0, 0.1) is 0 Å². The zero-order chi connectivity index (χ0) is 8.81. The normalized spacial score (nSPS) is 22.2. The van der Waals surface area contributed by atoms with E-state index in [4.69, 9.17) is 11.6 Å². The Labute approximate surface area is 73.6 Å². The van der Waals surface area contributed by atoms with Crippen molar-refractivity contribution in [2.75, 3.05) is 19.6 Å². The summed E-state index contributed by atoms with van der Waals surface area (Å²) in [4.78, 5) is 2.32. The van der Waals surface area contributed by atoms with Crippen LogP contribution in [0.5, 0.6) is 0 Å². The number of hydrogen-bond acceptors (Lipinski definition) is 3. The van der Waals surface area contributed by atoms with Gasteiger partial charge in [-0.05, 0) is 25.9 Å². The molecule has 1 rings (SSSR count). The van der Waals surface area contributed by atoms with Crippen molar-refractivity contribution in [3.63, 3.8) is 0 Å². The molecule has 0 saturated carbocycles. The van der Waals surface area contributed by atoms with Gasteiger partial charge in [-0.1, -0.05) is 12.8 Å². The summed E-state index contributed by atoms with van der Waals surface area (Å²) < 4.78 is 0. The molecule has 0 amide bonds. The maximum atomic E-state index is 5.54. The van der Waals surface area contributed by atoms with Crippen LogP contribution in [0.4, 0.5) is 0 Å². The van der Waals surface area contributed by atoms with E-state index in [1.807, 2.05) is 0 Å². The quantitative estimate of drug-likeness (QED) is 0.267. The van der Waals surface area contributed by atoms with Gasteiger partial charge in [0.2, 0.25) is 0 Å². The smallest absolute Gasteiger partial charge is 0.133 e. The number of likely N-dealkylation sites (tertiary alicyclic amines) is 1. The van der Waals surface area contributed by atoms with Crippen LogP contribution in [0.3, 0.4) is 0 Å². The Morgan fingerprint density at radius 1 is 1.17 bits per heavy atom. The van der Waals surface area contributed by atoms with Crippen LogP contribution in [-0.2, 0) is 0 Å². The maximum absolute atomic E-state index is 5.54. The van der Waals surface area contributed by atoms with Gasteiger partial charge in [-0.2, -0.15) is 5.10 Å². The molecule has 0 radical (unpaired) electrons. The highest BCUT2D eigenvalue weighted by molar-refractivity contribution is 5.81. The fraction of sp³-hybridized carbons (Fsp3) is 0.875. The van der Waals surface area contributed by atoms with E-state index in [2.05, 4.69) is 10.0 Å². The van der Waals surface area contributed by atoms with E-state index in [9.17, 15) is 0 Å². The van der Waals surface area contributed by atoms with Crippen molar-refractivity contribution in [3.05, 3.63) is 0 Å². The first-order valence-electron chi connectivity index (χ1n) is 4.57.